The lowest BCUT2D eigenvalue weighted by Gasteiger charge is -2.46. The number of aliphatic hydroxyl groups is 6. The standard InChI is InChI=1S/C28H32O15/c1-9-20(34)21(35)24(38)28(40-9)43-25-17(8-29)42-27(23(37)22(25)36)19-13(32)6-12(31)18-14(33)7-16(41-26(18)19)10-3-4-15(39-2)11(30)5-10/h3-7,9,17,20-25,27-32,34-38H,8H2,1-2H3/t9-,17-,20-,21+,22+,23+,24-,25+,27-,28-/m0/s1. The largest absolute Gasteiger partial charge is 0.507 e. The molecular weight excluding hydrogens is 576 g/mol. The first-order valence-corrected chi connectivity index (χ1v) is 13.3. The molecule has 0 radical (unpaired) electrons. The van der Waals surface area contributed by atoms with Gasteiger partial charge < -0.3 is 69.3 Å². The Morgan fingerprint density at radius 3 is 2.21 bits per heavy atom. The van der Waals surface area contributed by atoms with Gasteiger partial charge in [0.2, 0.25) is 0 Å². The Morgan fingerprint density at radius 1 is 0.837 bits per heavy atom. The average molecular weight is 609 g/mol. The van der Waals surface area contributed by atoms with Crippen LogP contribution in [0, 0.1) is 0 Å². The molecule has 1 aromatic heterocycles. The Kier molecular flexibility index (Phi) is 8.54. The van der Waals surface area contributed by atoms with Crippen LogP contribution in [-0.4, -0.2) is 115 Å². The quantitative estimate of drug-likeness (QED) is 0.162. The van der Waals surface area contributed by atoms with Crippen molar-refractivity contribution in [1.82, 2.24) is 0 Å². The fourth-order valence-corrected chi connectivity index (χ4v) is 5.36. The zero-order valence-corrected chi connectivity index (χ0v) is 22.8. The lowest BCUT2D eigenvalue weighted by molar-refractivity contribution is -0.338. The van der Waals surface area contributed by atoms with Crippen LogP contribution in [0.5, 0.6) is 23.0 Å². The Bertz CT molecular complexity index is 1540. The first-order valence-electron chi connectivity index (χ1n) is 13.3. The Labute approximate surface area is 242 Å². The summed E-state index contributed by atoms with van der Waals surface area (Å²) in [5.74, 6) is -1.57. The van der Waals surface area contributed by atoms with Crippen LogP contribution in [0.3, 0.4) is 0 Å². The molecule has 0 spiro atoms. The second-order valence-corrected chi connectivity index (χ2v) is 10.4. The van der Waals surface area contributed by atoms with Gasteiger partial charge >= 0.3 is 0 Å². The normalized spacial score (nSPS) is 33.0. The van der Waals surface area contributed by atoms with Crippen LogP contribution in [0.2, 0.25) is 0 Å². The summed E-state index contributed by atoms with van der Waals surface area (Å²) in [5, 5.41) is 93.9. The van der Waals surface area contributed by atoms with Gasteiger partial charge in [-0.2, -0.15) is 0 Å². The molecule has 43 heavy (non-hydrogen) atoms. The van der Waals surface area contributed by atoms with Crippen molar-refractivity contribution in [1.29, 1.82) is 0 Å². The molecule has 9 N–H and O–H groups in total. The Morgan fingerprint density at radius 2 is 1.56 bits per heavy atom. The van der Waals surface area contributed by atoms with Gasteiger partial charge in [-0.15, -0.1) is 0 Å². The van der Waals surface area contributed by atoms with E-state index in [9.17, 15) is 50.8 Å². The number of fused-ring (bicyclic) bond motifs is 1. The van der Waals surface area contributed by atoms with Crippen LogP contribution in [0.1, 0.15) is 18.6 Å². The second kappa shape index (κ2) is 11.9. The number of hydrogen-bond donors (Lipinski definition) is 9. The molecule has 10 atom stereocenters. The molecule has 2 saturated heterocycles. The van der Waals surface area contributed by atoms with Crippen molar-refractivity contribution in [3.05, 3.63) is 46.1 Å². The molecule has 234 valence electrons. The van der Waals surface area contributed by atoms with Crippen molar-refractivity contribution in [3.8, 4) is 34.3 Å². The summed E-state index contributed by atoms with van der Waals surface area (Å²) in [6.07, 6.45) is -15.9. The van der Waals surface area contributed by atoms with E-state index in [0.717, 1.165) is 12.1 Å². The molecular formula is C28H32O15. The maximum absolute atomic E-state index is 13.1. The van der Waals surface area contributed by atoms with E-state index >= 15 is 0 Å². The molecule has 0 aliphatic carbocycles. The van der Waals surface area contributed by atoms with Crippen molar-refractivity contribution in [2.45, 2.75) is 68.1 Å². The molecule has 2 fully saturated rings. The van der Waals surface area contributed by atoms with Gasteiger partial charge in [0.15, 0.2) is 28.8 Å². The molecule has 0 saturated carbocycles. The molecule has 0 amide bonds. The number of phenolic OH excluding ortho intramolecular Hbond substituents is 3. The lowest BCUT2D eigenvalue weighted by Crippen LogP contribution is -2.62. The average Bonchev–Trinajstić information content (AvgIpc) is 2.97. The fourth-order valence-electron chi connectivity index (χ4n) is 5.36. The smallest absolute Gasteiger partial charge is 0.197 e. The van der Waals surface area contributed by atoms with Crippen LogP contribution in [0.15, 0.2) is 39.5 Å². The van der Waals surface area contributed by atoms with Crippen LogP contribution in [0.25, 0.3) is 22.3 Å². The van der Waals surface area contributed by atoms with Gasteiger partial charge in [-0.3, -0.25) is 4.79 Å². The highest BCUT2D eigenvalue weighted by atomic mass is 16.7. The zero-order valence-electron chi connectivity index (χ0n) is 22.8. The highest BCUT2D eigenvalue weighted by Gasteiger charge is 2.51. The van der Waals surface area contributed by atoms with Crippen LogP contribution >= 0.6 is 0 Å². The van der Waals surface area contributed by atoms with Crippen LogP contribution in [-0.2, 0) is 14.2 Å². The van der Waals surface area contributed by atoms with E-state index in [1.165, 1.54) is 32.2 Å². The lowest BCUT2D eigenvalue weighted by atomic mass is 9.89. The molecule has 0 unspecified atom stereocenters. The molecule has 3 heterocycles. The van der Waals surface area contributed by atoms with E-state index < -0.39 is 95.7 Å². The molecule has 15 heteroatoms. The SMILES string of the molecule is COc1ccc(-c2cc(=O)c3c(O)cc(O)c([C@@H]4O[C@@H](CO)[C@@H](O[C@@H]5O[C@@H](C)[C@H](O)[C@@H](O)[C@@H]5O)[C@H](O)[C@H]4O)c3o2)cc1O. The van der Waals surface area contributed by atoms with E-state index in [-0.39, 0.29) is 28.4 Å². The third-order valence-corrected chi connectivity index (χ3v) is 7.71. The van der Waals surface area contributed by atoms with Gasteiger partial charge in [-0.25, -0.2) is 0 Å². The van der Waals surface area contributed by atoms with Gasteiger partial charge in [0, 0.05) is 17.7 Å². The summed E-state index contributed by atoms with van der Waals surface area (Å²) >= 11 is 0. The predicted molar refractivity (Wildman–Crippen MR) is 143 cm³/mol. The number of rotatable bonds is 6. The maximum Gasteiger partial charge on any atom is 0.197 e. The topological polar surface area (TPSA) is 249 Å². The van der Waals surface area contributed by atoms with E-state index in [4.69, 9.17) is 23.4 Å². The first-order chi connectivity index (χ1) is 20.4. The Hall–Kier alpha value is -3.51. The van der Waals surface area contributed by atoms with Gasteiger partial charge in [0.1, 0.15) is 71.5 Å². The predicted octanol–water partition coefficient (Wildman–Crippen LogP) is -1.05. The third kappa shape index (κ3) is 5.39. The molecule has 5 rings (SSSR count). The molecule has 2 aliphatic rings. The minimum absolute atomic E-state index is 0.106. The number of benzene rings is 2. The first kappa shape index (κ1) is 30.9. The van der Waals surface area contributed by atoms with Gasteiger partial charge in [-0.05, 0) is 25.1 Å². The fraction of sp³-hybridized carbons (Fsp3) is 0.464. The van der Waals surface area contributed by atoms with Crippen molar-refractivity contribution in [2.24, 2.45) is 0 Å². The molecule has 0 bridgehead atoms. The minimum atomic E-state index is -1.92. The van der Waals surface area contributed by atoms with Crippen molar-refractivity contribution < 1.29 is 69.3 Å². The number of aliphatic hydroxyl groups excluding tert-OH is 6. The van der Waals surface area contributed by atoms with Crippen LogP contribution < -0.4 is 10.2 Å². The van der Waals surface area contributed by atoms with Gasteiger partial charge in [-0.1, -0.05) is 0 Å². The van der Waals surface area contributed by atoms with E-state index in [2.05, 4.69) is 0 Å². The number of phenols is 3. The maximum atomic E-state index is 13.1. The summed E-state index contributed by atoms with van der Waals surface area (Å²) in [6.45, 7) is 0.595. The summed E-state index contributed by atoms with van der Waals surface area (Å²) in [4.78, 5) is 13.1. The molecule has 3 aromatic rings. The van der Waals surface area contributed by atoms with E-state index in [1.807, 2.05) is 0 Å². The minimum Gasteiger partial charge on any atom is -0.507 e. The van der Waals surface area contributed by atoms with Crippen LogP contribution in [0.4, 0.5) is 0 Å². The molecule has 2 aliphatic heterocycles. The van der Waals surface area contributed by atoms with Gasteiger partial charge in [0.25, 0.3) is 0 Å². The third-order valence-electron chi connectivity index (χ3n) is 7.71. The highest BCUT2D eigenvalue weighted by Crippen LogP contribution is 2.44. The van der Waals surface area contributed by atoms with Crippen molar-refractivity contribution >= 4 is 11.0 Å². The monoisotopic (exact) mass is 608 g/mol. The van der Waals surface area contributed by atoms with E-state index in [0.29, 0.717) is 0 Å². The number of aromatic hydroxyl groups is 3. The second-order valence-electron chi connectivity index (χ2n) is 10.4. The molecule has 2 aromatic carbocycles. The number of ether oxygens (including phenoxy) is 4. The summed E-state index contributed by atoms with van der Waals surface area (Å²) in [7, 11) is 1.35. The zero-order chi connectivity index (χ0) is 31.3. The van der Waals surface area contributed by atoms with E-state index in [1.54, 1.807) is 0 Å². The summed E-state index contributed by atoms with van der Waals surface area (Å²) < 4.78 is 27.8. The van der Waals surface area contributed by atoms with Crippen molar-refractivity contribution in [3.63, 3.8) is 0 Å². The number of methoxy groups -OCH3 is 1. The summed E-state index contributed by atoms with van der Waals surface area (Å²) in [5.41, 5.74) is -1.31. The van der Waals surface area contributed by atoms with Gasteiger partial charge in [0.05, 0.1) is 25.4 Å². The highest BCUT2D eigenvalue weighted by molar-refractivity contribution is 5.89. The van der Waals surface area contributed by atoms with Crippen molar-refractivity contribution in [2.75, 3.05) is 13.7 Å². The Balaban J connectivity index is 1.54. The number of hydrogen-bond acceptors (Lipinski definition) is 15. The molecule has 15 nitrogen and oxygen atoms in total. The summed E-state index contributed by atoms with van der Waals surface area (Å²) in [6, 6.07) is 6.01.